The fraction of sp³-hybridized carbons (Fsp3) is 0.562. The first-order valence-corrected chi connectivity index (χ1v) is 7.49. The maximum atomic E-state index is 6.10. The lowest BCUT2D eigenvalue weighted by molar-refractivity contribution is 0.397. The number of aromatic nitrogens is 2. The normalized spacial score (nSPS) is 12.8. The summed E-state index contributed by atoms with van der Waals surface area (Å²) in [6, 6.07) is 5.98. The Morgan fingerprint density at radius 3 is 2.80 bits per heavy atom. The minimum absolute atomic E-state index is 0.583. The molecule has 1 heterocycles. The number of fused-ring (bicyclic) bond motifs is 1. The number of nitrogens with two attached hydrogens (primary N) is 1. The fourth-order valence-corrected chi connectivity index (χ4v) is 2.67. The summed E-state index contributed by atoms with van der Waals surface area (Å²) in [6.45, 7) is 5.42. The average Bonchev–Trinajstić information content (AvgIpc) is 2.79. The maximum Gasteiger partial charge on any atom is 0.201 e. The van der Waals surface area contributed by atoms with Crippen LogP contribution in [0.3, 0.4) is 0 Å². The molecule has 0 aliphatic heterocycles. The molecule has 0 saturated heterocycles. The van der Waals surface area contributed by atoms with E-state index in [2.05, 4.69) is 29.5 Å². The lowest BCUT2D eigenvalue weighted by Crippen LogP contribution is -2.12. The van der Waals surface area contributed by atoms with Crippen molar-refractivity contribution in [2.75, 3.05) is 12.8 Å². The number of imidazole rings is 1. The number of methoxy groups -OCH3 is 1. The summed E-state index contributed by atoms with van der Waals surface area (Å²) in [5, 5.41) is 0. The van der Waals surface area contributed by atoms with E-state index in [0.717, 1.165) is 23.3 Å². The van der Waals surface area contributed by atoms with Crippen molar-refractivity contribution in [3.63, 3.8) is 0 Å². The largest absolute Gasteiger partial charge is 0.494 e. The van der Waals surface area contributed by atoms with Gasteiger partial charge in [-0.1, -0.05) is 39.2 Å². The van der Waals surface area contributed by atoms with E-state index in [9.17, 15) is 0 Å². The third-order valence-corrected chi connectivity index (χ3v) is 3.98. The van der Waals surface area contributed by atoms with E-state index in [-0.39, 0.29) is 0 Å². The highest BCUT2D eigenvalue weighted by Crippen LogP contribution is 2.28. The summed E-state index contributed by atoms with van der Waals surface area (Å²) in [6.07, 6.45) is 4.93. The zero-order chi connectivity index (χ0) is 14.5. The second-order valence-electron chi connectivity index (χ2n) is 5.33. The quantitative estimate of drug-likeness (QED) is 0.835. The topological polar surface area (TPSA) is 53.1 Å². The van der Waals surface area contributed by atoms with Gasteiger partial charge >= 0.3 is 0 Å². The van der Waals surface area contributed by atoms with Crippen LogP contribution in [-0.2, 0) is 6.54 Å². The van der Waals surface area contributed by atoms with E-state index in [1.807, 2.05) is 12.1 Å². The molecule has 110 valence electrons. The van der Waals surface area contributed by atoms with Crippen LogP contribution in [-0.4, -0.2) is 16.7 Å². The van der Waals surface area contributed by atoms with Crippen LogP contribution in [0.25, 0.3) is 11.0 Å². The van der Waals surface area contributed by atoms with Crippen LogP contribution < -0.4 is 10.5 Å². The summed E-state index contributed by atoms with van der Waals surface area (Å²) in [4.78, 5) is 4.47. The molecule has 0 radical (unpaired) electrons. The smallest absolute Gasteiger partial charge is 0.201 e. The predicted octanol–water partition coefficient (Wildman–Crippen LogP) is 3.84. The molecule has 0 spiro atoms. The van der Waals surface area contributed by atoms with Gasteiger partial charge < -0.3 is 15.0 Å². The zero-order valence-electron chi connectivity index (χ0n) is 12.7. The first-order valence-electron chi connectivity index (χ1n) is 7.49. The molecule has 0 bridgehead atoms. The van der Waals surface area contributed by atoms with Crippen molar-refractivity contribution in [1.82, 2.24) is 9.55 Å². The Bertz CT molecular complexity index is 562. The van der Waals surface area contributed by atoms with Crippen LogP contribution in [0.2, 0.25) is 0 Å². The summed E-state index contributed by atoms with van der Waals surface area (Å²) in [5.74, 6) is 2.02. The monoisotopic (exact) mass is 275 g/mol. The van der Waals surface area contributed by atoms with Crippen molar-refractivity contribution in [1.29, 1.82) is 0 Å². The second kappa shape index (κ2) is 6.64. The lowest BCUT2D eigenvalue weighted by Gasteiger charge is -2.16. The first-order chi connectivity index (χ1) is 9.71. The molecule has 20 heavy (non-hydrogen) atoms. The van der Waals surface area contributed by atoms with Gasteiger partial charge in [-0.3, -0.25) is 0 Å². The Labute approximate surface area is 120 Å². The minimum Gasteiger partial charge on any atom is -0.494 e. The van der Waals surface area contributed by atoms with Crippen LogP contribution in [0.5, 0.6) is 5.75 Å². The van der Waals surface area contributed by atoms with Crippen LogP contribution in [0.4, 0.5) is 5.95 Å². The number of nitrogens with zero attached hydrogens (tertiary/aromatic N) is 2. The van der Waals surface area contributed by atoms with Gasteiger partial charge in [-0.25, -0.2) is 4.98 Å². The van der Waals surface area contributed by atoms with Gasteiger partial charge in [0.1, 0.15) is 11.3 Å². The van der Waals surface area contributed by atoms with Crippen molar-refractivity contribution in [3.05, 3.63) is 18.2 Å². The lowest BCUT2D eigenvalue weighted by atomic mass is 9.99. The number of unbranched alkanes of at least 4 members (excludes halogenated alkanes) is 1. The molecule has 0 amide bonds. The van der Waals surface area contributed by atoms with E-state index >= 15 is 0 Å². The number of benzene rings is 1. The van der Waals surface area contributed by atoms with Crippen LogP contribution in [0.1, 0.15) is 39.5 Å². The number of hydrogen-bond acceptors (Lipinski definition) is 3. The molecular weight excluding hydrogens is 250 g/mol. The van der Waals surface area contributed by atoms with E-state index in [0.29, 0.717) is 11.9 Å². The van der Waals surface area contributed by atoms with Gasteiger partial charge in [-0.15, -0.1) is 0 Å². The molecule has 0 saturated carbocycles. The van der Waals surface area contributed by atoms with E-state index in [1.165, 1.54) is 25.7 Å². The summed E-state index contributed by atoms with van der Waals surface area (Å²) < 4.78 is 7.49. The Kier molecular flexibility index (Phi) is 4.88. The van der Waals surface area contributed by atoms with Crippen molar-refractivity contribution in [2.45, 2.75) is 46.1 Å². The van der Waals surface area contributed by atoms with Crippen LogP contribution >= 0.6 is 0 Å². The molecule has 2 aromatic rings. The van der Waals surface area contributed by atoms with Crippen molar-refractivity contribution in [3.8, 4) is 5.75 Å². The van der Waals surface area contributed by atoms with Crippen molar-refractivity contribution in [2.24, 2.45) is 5.92 Å². The molecule has 0 aliphatic carbocycles. The molecule has 0 aliphatic rings. The van der Waals surface area contributed by atoms with Gasteiger partial charge in [0.05, 0.1) is 12.6 Å². The SMILES string of the molecule is CCCCC(CC)Cn1c(N)nc2c(OC)cccc21. The van der Waals surface area contributed by atoms with Gasteiger partial charge in [0.2, 0.25) is 5.95 Å². The van der Waals surface area contributed by atoms with Crippen molar-refractivity contribution >= 4 is 17.0 Å². The predicted molar refractivity (Wildman–Crippen MR) is 84.0 cm³/mol. The number of hydrogen-bond donors (Lipinski definition) is 1. The number of ether oxygens (including phenoxy) is 1. The van der Waals surface area contributed by atoms with Gasteiger partial charge in [-0.2, -0.15) is 0 Å². The van der Waals surface area contributed by atoms with Gasteiger partial charge in [-0.05, 0) is 24.5 Å². The first kappa shape index (κ1) is 14.7. The zero-order valence-corrected chi connectivity index (χ0v) is 12.7. The third-order valence-electron chi connectivity index (χ3n) is 3.98. The van der Waals surface area contributed by atoms with E-state index < -0.39 is 0 Å². The average molecular weight is 275 g/mol. The highest BCUT2D eigenvalue weighted by Gasteiger charge is 2.15. The van der Waals surface area contributed by atoms with Crippen LogP contribution in [0, 0.1) is 5.92 Å². The molecule has 0 fully saturated rings. The molecule has 1 unspecified atom stereocenters. The molecule has 4 heteroatoms. The molecule has 2 rings (SSSR count). The standard InChI is InChI=1S/C16H25N3O/c1-4-6-8-12(5-2)11-19-13-9-7-10-14(20-3)15(13)18-16(19)17/h7,9-10,12H,4-6,8,11H2,1-3H3,(H2,17,18). The Balaban J connectivity index is 2.31. The Morgan fingerprint density at radius 2 is 2.15 bits per heavy atom. The van der Waals surface area contributed by atoms with Crippen molar-refractivity contribution < 1.29 is 4.74 Å². The number of rotatable bonds is 7. The highest BCUT2D eigenvalue weighted by atomic mass is 16.5. The van der Waals surface area contributed by atoms with E-state index in [1.54, 1.807) is 7.11 Å². The molecule has 1 atom stereocenters. The molecular formula is C16H25N3O. The molecule has 2 N–H and O–H groups in total. The number of para-hydroxylation sites is 1. The molecule has 1 aromatic carbocycles. The summed E-state index contributed by atoms with van der Waals surface area (Å²) >= 11 is 0. The Morgan fingerprint density at radius 1 is 1.35 bits per heavy atom. The van der Waals surface area contributed by atoms with Gasteiger partial charge in [0, 0.05) is 6.54 Å². The van der Waals surface area contributed by atoms with Crippen LogP contribution in [0.15, 0.2) is 18.2 Å². The van der Waals surface area contributed by atoms with E-state index in [4.69, 9.17) is 10.5 Å². The molecule has 1 aromatic heterocycles. The van der Waals surface area contributed by atoms with Gasteiger partial charge in [0.25, 0.3) is 0 Å². The molecule has 4 nitrogen and oxygen atoms in total. The summed E-state index contributed by atoms with van der Waals surface area (Å²) in [7, 11) is 1.67. The van der Waals surface area contributed by atoms with Gasteiger partial charge in [0.15, 0.2) is 0 Å². The maximum absolute atomic E-state index is 6.10. The highest BCUT2D eigenvalue weighted by molar-refractivity contribution is 5.84. The number of nitrogen functional groups attached to an aromatic ring is 1. The summed E-state index contributed by atoms with van der Waals surface area (Å²) in [5.41, 5.74) is 8.03. The fourth-order valence-electron chi connectivity index (χ4n) is 2.67. The second-order valence-corrected chi connectivity index (χ2v) is 5.33. The third kappa shape index (κ3) is 2.89. The number of anilines is 1. The minimum atomic E-state index is 0.583. The Hall–Kier alpha value is -1.71.